The molecule has 0 radical (unpaired) electrons. The first-order valence-electron chi connectivity index (χ1n) is 7.09. The van der Waals surface area contributed by atoms with Gasteiger partial charge in [-0.15, -0.1) is 0 Å². The molecule has 0 aromatic heterocycles. The maximum atomic E-state index is 11.3. The fourth-order valence-corrected chi connectivity index (χ4v) is 1.28. The lowest BCUT2D eigenvalue weighted by Crippen LogP contribution is -2.23. The average molecular weight is 288 g/mol. The summed E-state index contributed by atoms with van der Waals surface area (Å²) in [5.41, 5.74) is -0.0784. The van der Waals surface area contributed by atoms with Crippen molar-refractivity contribution in [1.29, 1.82) is 0 Å². The third-order valence-electron chi connectivity index (χ3n) is 2.29. The Labute approximate surface area is 122 Å². The molecular formula is C15H28O5. The zero-order valence-electron chi connectivity index (χ0n) is 13.4. The van der Waals surface area contributed by atoms with Crippen LogP contribution in [0.4, 0.5) is 0 Å². The Hall–Kier alpha value is -1.10. The van der Waals surface area contributed by atoms with Gasteiger partial charge in [0.15, 0.2) is 0 Å². The second-order valence-corrected chi connectivity index (χ2v) is 6.47. The number of ether oxygens (including phenoxy) is 3. The van der Waals surface area contributed by atoms with Gasteiger partial charge < -0.3 is 14.2 Å². The van der Waals surface area contributed by atoms with E-state index in [9.17, 15) is 9.59 Å². The highest BCUT2D eigenvalue weighted by Crippen LogP contribution is 2.12. The van der Waals surface area contributed by atoms with Crippen LogP contribution in [0.25, 0.3) is 0 Å². The highest BCUT2D eigenvalue weighted by molar-refractivity contribution is 5.73. The van der Waals surface area contributed by atoms with Crippen LogP contribution in [-0.4, -0.2) is 38.4 Å². The van der Waals surface area contributed by atoms with Crippen molar-refractivity contribution in [3.8, 4) is 0 Å². The number of hydrogen-bond donors (Lipinski definition) is 0. The molecule has 0 saturated carbocycles. The molecule has 0 aromatic rings. The molecule has 0 atom stereocenters. The van der Waals surface area contributed by atoms with E-state index in [0.717, 1.165) is 12.8 Å². The van der Waals surface area contributed by atoms with Crippen molar-refractivity contribution < 1.29 is 23.8 Å². The fourth-order valence-electron chi connectivity index (χ4n) is 1.28. The molecular weight excluding hydrogens is 260 g/mol. The lowest BCUT2D eigenvalue weighted by Gasteiger charge is -2.17. The van der Waals surface area contributed by atoms with Gasteiger partial charge in [0.05, 0.1) is 13.2 Å². The van der Waals surface area contributed by atoms with Crippen molar-refractivity contribution in [1.82, 2.24) is 0 Å². The molecule has 5 heteroatoms. The van der Waals surface area contributed by atoms with E-state index in [1.165, 1.54) is 0 Å². The van der Waals surface area contributed by atoms with Gasteiger partial charge in [-0.2, -0.15) is 0 Å². The van der Waals surface area contributed by atoms with Gasteiger partial charge in [-0.1, -0.05) is 34.6 Å². The number of esters is 2. The van der Waals surface area contributed by atoms with Crippen LogP contribution < -0.4 is 0 Å². The maximum Gasteiger partial charge on any atom is 0.332 e. The summed E-state index contributed by atoms with van der Waals surface area (Å²) in [6, 6.07) is 0. The summed E-state index contributed by atoms with van der Waals surface area (Å²) < 4.78 is 14.9. The molecule has 0 rings (SSSR count). The second-order valence-electron chi connectivity index (χ2n) is 6.47. The predicted molar refractivity (Wildman–Crippen MR) is 76.3 cm³/mol. The van der Waals surface area contributed by atoms with Crippen molar-refractivity contribution in [2.45, 2.75) is 47.5 Å². The van der Waals surface area contributed by atoms with Crippen molar-refractivity contribution in [3.63, 3.8) is 0 Å². The van der Waals surface area contributed by atoms with E-state index in [1.807, 2.05) is 20.8 Å². The van der Waals surface area contributed by atoms with Gasteiger partial charge in [-0.25, -0.2) is 9.59 Å². The van der Waals surface area contributed by atoms with Crippen LogP contribution in [-0.2, 0) is 23.8 Å². The first kappa shape index (κ1) is 18.9. The van der Waals surface area contributed by atoms with E-state index in [-0.39, 0.29) is 18.6 Å². The average Bonchev–Trinajstić information content (AvgIpc) is 2.31. The summed E-state index contributed by atoms with van der Waals surface area (Å²) in [6.07, 6.45) is 1.87. The summed E-state index contributed by atoms with van der Waals surface area (Å²) in [6.45, 7) is 10.4. The van der Waals surface area contributed by atoms with Gasteiger partial charge in [-0.05, 0) is 24.2 Å². The molecule has 20 heavy (non-hydrogen) atoms. The molecule has 0 heterocycles. The van der Waals surface area contributed by atoms with Crippen LogP contribution in [0.3, 0.4) is 0 Å². The molecule has 0 unspecified atom stereocenters. The molecule has 0 bridgehead atoms. The minimum atomic E-state index is -0.465. The number of carbonyl (C=O) groups is 2. The predicted octanol–water partition coefficient (Wildman–Crippen LogP) is 2.57. The van der Waals surface area contributed by atoms with Gasteiger partial charge in [0.1, 0.15) is 13.2 Å². The molecule has 118 valence electrons. The zero-order chi connectivity index (χ0) is 15.6. The molecule has 0 aliphatic rings. The van der Waals surface area contributed by atoms with Crippen LogP contribution >= 0.6 is 0 Å². The van der Waals surface area contributed by atoms with Crippen molar-refractivity contribution in [3.05, 3.63) is 0 Å². The van der Waals surface area contributed by atoms with Crippen molar-refractivity contribution in [2.75, 3.05) is 26.4 Å². The van der Waals surface area contributed by atoms with E-state index >= 15 is 0 Å². The Morgan fingerprint density at radius 2 is 1.55 bits per heavy atom. The van der Waals surface area contributed by atoms with Gasteiger partial charge in [0.2, 0.25) is 0 Å². The first-order valence-corrected chi connectivity index (χ1v) is 7.09. The Morgan fingerprint density at radius 3 is 2.05 bits per heavy atom. The third-order valence-corrected chi connectivity index (χ3v) is 2.29. The molecule has 0 aliphatic heterocycles. The van der Waals surface area contributed by atoms with E-state index in [0.29, 0.717) is 19.1 Å². The summed E-state index contributed by atoms with van der Waals surface area (Å²) >= 11 is 0. The minimum Gasteiger partial charge on any atom is -0.464 e. The molecule has 0 spiro atoms. The Morgan fingerprint density at radius 1 is 1.00 bits per heavy atom. The highest BCUT2D eigenvalue weighted by atomic mass is 16.6. The standard InChI is InChI=1S/C15H28O5/c1-12(2)7-6-8-19-13(16)9-18-10-14(17)20-11-15(3,4)5/h12H,6-11H2,1-5H3. The molecule has 0 aliphatic carbocycles. The van der Waals surface area contributed by atoms with Gasteiger partial charge in [-0.3, -0.25) is 0 Å². The second kappa shape index (κ2) is 9.75. The van der Waals surface area contributed by atoms with Gasteiger partial charge in [0.25, 0.3) is 0 Å². The summed E-state index contributed by atoms with van der Waals surface area (Å²) in [5.74, 6) is -0.313. The zero-order valence-corrected chi connectivity index (χ0v) is 13.4. The van der Waals surface area contributed by atoms with Crippen molar-refractivity contribution in [2.24, 2.45) is 11.3 Å². The lowest BCUT2D eigenvalue weighted by molar-refractivity contribution is -0.157. The molecule has 0 saturated heterocycles. The van der Waals surface area contributed by atoms with E-state index < -0.39 is 11.9 Å². The van der Waals surface area contributed by atoms with Gasteiger partial charge >= 0.3 is 11.9 Å². The Kier molecular flexibility index (Phi) is 9.21. The van der Waals surface area contributed by atoms with Crippen LogP contribution in [0, 0.1) is 11.3 Å². The van der Waals surface area contributed by atoms with Crippen LogP contribution in [0.15, 0.2) is 0 Å². The normalized spacial score (nSPS) is 11.5. The summed E-state index contributed by atoms with van der Waals surface area (Å²) in [7, 11) is 0. The van der Waals surface area contributed by atoms with Crippen LogP contribution in [0.5, 0.6) is 0 Å². The van der Waals surface area contributed by atoms with Crippen LogP contribution in [0.2, 0.25) is 0 Å². The third kappa shape index (κ3) is 13.3. The largest absolute Gasteiger partial charge is 0.464 e. The van der Waals surface area contributed by atoms with E-state index in [4.69, 9.17) is 14.2 Å². The van der Waals surface area contributed by atoms with Crippen LogP contribution in [0.1, 0.15) is 47.5 Å². The first-order chi connectivity index (χ1) is 9.20. The molecule has 0 amide bonds. The molecule has 5 nitrogen and oxygen atoms in total. The van der Waals surface area contributed by atoms with Crippen molar-refractivity contribution >= 4 is 11.9 Å². The number of rotatable bonds is 9. The van der Waals surface area contributed by atoms with Gasteiger partial charge in [0, 0.05) is 0 Å². The molecule has 0 fully saturated rings. The highest BCUT2D eigenvalue weighted by Gasteiger charge is 2.14. The SMILES string of the molecule is CC(C)CCCOC(=O)COCC(=O)OCC(C)(C)C. The molecule has 0 N–H and O–H groups in total. The number of carbonyl (C=O) groups excluding carboxylic acids is 2. The van der Waals surface area contributed by atoms with E-state index in [2.05, 4.69) is 13.8 Å². The maximum absolute atomic E-state index is 11.3. The Balaban J connectivity index is 3.53. The number of hydrogen-bond acceptors (Lipinski definition) is 5. The molecule has 0 aromatic carbocycles. The summed E-state index contributed by atoms with van der Waals surface area (Å²) in [4.78, 5) is 22.6. The minimum absolute atomic E-state index is 0.0784. The smallest absolute Gasteiger partial charge is 0.332 e. The van der Waals surface area contributed by atoms with E-state index in [1.54, 1.807) is 0 Å². The monoisotopic (exact) mass is 288 g/mol. The quantitative estimate of drug-likeness (QED) is 0.482. The topological polar surface area (TPSA) is 61.8 Å². The Bertz CT molecular complexity index is 291. The lowest BCUT2D eigenvalue weighted by atomic mass is 9.99. The summed E-state index contributed by atoms with van der Waals surface area (Å²) in [5, 5.41) is 0. The fraction of sp³-hybridized carbons (Fsp3) is 0.867.